The normalized spacial score (nSPS) is 18.6. The van der Waals surface area contributed by atoms with Gasteiger partial charge in [-0.3, -0.25) is 14.6 Å². The first-order valence-corrected chi connectivity index (χ1v) is 14.4. The molecule has 1 saturated carbocycles. The van der Waals surface area contributed by atoms with Crippen LogP contribution in [0, 0.1) is 12.7 Å². The highest BCUT2D eigenvalue weighted by Crippen LogP contribution is 2.45. The van der Waals surface area contributed by atoms with E-state index in [1.54, 1.807) is 55.7 Å². The van der Waals surface area contributed by atoms with Crippen LogP contribution in [0.15, 0.2) is 67.0 Å². The molecule has 10 heteroatoms. The van der Waals surface area contributed by atoms with Gasteiger partial charge in [0.15, 0.2) is 0 Å². The van der Waals surface area contributed by atoms with Crippen LogP contribution in [0.5, 0.6) is 11.5 Å². The molecule has 1 aliphatic carbocycles. The first-order valence-electron chi connectivity index (χ1n) is 14.4. The fourth-order valence-electron chi connectivity index (χ4n) is 5.24. The molecule has 44 heavy (non-hydrogen) atoms. The van der Waals surface area contributed by atoms with Crippen molar-refractivity contribution in [1.82, 2.24) is 15.3 Å². The van der Waals surface area contributed by atoms with Gasteiger partial charge in [0.05, 0.1) is 18.3 Å². The number of benzene rings is 2. The van der Waals surface area contributed by atoms with Gasteiger partial charge in [0.1, 0.15) is 40.6 Å². The quantitative estimate of drug-likeness (QED) is 0.257. The van der Waals surface area contributed by atoms with Crippen LogP contribution in [0.2, 0.25) is 0 Å². The molecule has 1 fully saturated rings. The van der Waals surface area contributed by atoms with E-state index in [9.17, 15) is 19.1 Å². The van der Waals surface area contributed by atoms with Gasteiger partial charge in [-0.2, -0.15) is 0 Å². The summed E-state index contributed by atoms with van der Waals surface area (Å²) >= 11 is 0. The molecule has 2 aromatic carbocycles. The Morgan fingerprint density at radius 1 is 1.16 bits per heavy atom. The Bertz CT molecular complexity index is 1770. The Kier molecular flexibility index (Phi) is 7.33. The summed E-state index contributed by atoms with van der Waals surface area (Å²) in [7, 11) is 0. The second-order valence-corrected chi connectivity index (χ2v) is 11.9. The van der Waals surface area contributed by atoms with Crippen molar-refractivity contribution in [2.24, 2.45) is 5.73 Å². The number of aryl methyl sites for hydroxylation is 1. The van der Waals surface area contributed by atoms with Crippen LogP contribution in [0.1, 0.15) is 53.9 Å². The first-order chi connectivity index (χ1) is 21.0. The number of nitrogens with zero attached hydrogens (tertiary/aromatic N) is 2. The number of ether oxygens (including phenoxy) is 2. The molecular weight excluding hydrogens is 563 g/mol. The van der Waals surface area contributed by atoms with Crippen molar-refractivity contribution in [3.05, 3.63) is 95.2 Å². The van der Waals surface area contributed by atoms with Gasteiger partial charge in [-0.25, -0.2) is 9.37 Å². The fraction of sp³-hybridized carbons (Fsp3) is 0.294. The standard InChI is InChI=1S/C34H33FN4O5/c1-19-16-37-13-12-24(19)25-14-21(6-11-27(25)44-23-9-10-23)31(40)38-17-34(3,42)28-15-26-30(43-18-33(26,2)32(36)41)29(39-28)20-4-7-22(35)8-5-20/h4-8,11-16,23,42H,9-10,17-18H2,1-3H3,(H2,36,41)(H,38,40)/t33-,34-/m0/s1. The highest BCUT2D eigenvalue weighted by Gasteiger charge is 2.45. The Hall–Kier alpha value is -4.83. The van der Waals surface area contributed by atoms with Gasteiger partial charge in [-0.05, 0) is 99.3 Å². The largest absolute Gasteiger partial charge is 0.490 e. The third-order valence-corrected chi connectivity index (χ3v) is 8.25. The SMILES string of the molecule is Cc1cnccc1-c1cc(C(=O)NC[C@](C)(O)c2cc3c(c(-c4ccc(F)cc4)n2)OC[C@]3(C)C(N)=O)ccc1OC1CC1. The van der Waals surface area contributed by atoms with E-state index in [1.165, 1.54) is 19.1 Å². The average molecular weight is 597 g/mol. The van der Waals surface area contributed by atoms with Gasteiger partial charge in [0.2, 0.25) is 5.91 Å². The molecule has 2 aliphatic rings. The topological polar surface area (TPSA) is 137 Å². The van der Waals surface area contributed by atoms with Gasteiger partial charge in [-0.15, -0.1) is 0 Å². The molecule has 2 amide bonds. The average Bonchev–Trinajstić information content (AvgIpc) is 3.76. The summed E-state index contributed by atoms with van der Waals surface area (Å²) in [6.07, 6.45) is 5.63. The Morgan fingerprint density at radius 3 is 2.59 bits per heavy atom. The number of halogens is 1. The summed E-state index contributed by atoms with van der Waals surface area (Å²) in [6.45, 7) is 4.93. The molecule has 3 heterocycles. The first kappa shape index (κ1) is 29.3. The molecule has 0 saturated heterocycles. The Balaban J connectivity index is 1.31. The lowest BCUT2D eigenvalue weighted by Gasteiger charge is -2.26. The lowest BCUT2D eigenvalue weighted by Crippen LogP contribution is -2.41. The minimum atomic E-state index is -1.67. The molecule has 0 unspecified atom stereocenters. The van der Waals surface area contributed by atoms with Crippen LogP contribution in [-0.4, -0.2) is 46.1 Å². The highest BCUT2D eigenvalue weighted by molar-refractivity contribution is 5.96. The number of amides is 2. The number of aromatic nitrogens is 2. The van der Waals surface area contributed by atoms with E-state index >= 15 is 0 Å². The summed E-state index contributed by atoms with van der Waals surface area (Å²) < 4.78 is 25.7. The van der Waals surface area contributed by atoms with E-state index in [4.69, 9.17) is 15.2 Å². The molecule has 4 N–H and O–H groups in total. The number of primary amides is 1. The van der Waals surface area contributed by atoms with Gasteiger partial charge < -0.3 is 25.6 Å². The number of fused-ring (bicyclic) bond motifs is 1. The van der Waals surface area contributed by atoms with E-state index in [0.29, 0.717) is 33.9 Å². The second kappa shape index (κ2) is 11.0. The van der Waals surface area contributed by atoms with E-state index in [0.717, 1.165) is 29.5 Å². The van der Waals surface area contributed by atoms with Crippen molar-refractivity contribution in [1.29, 1.82) is 0 Å². The van der Waals surface area contributed by atoms with Crippen molar-refractivity contribution in [3.63, 3.8) is 0 Å². The molecule has 2 aromatic heterocycles. The van der Waals surface area contributed by atoms with Crippen LogP contribution in [0.25, 0.3) is 22.4 Å². The number of hydrogen-bond donors (Lipinski definition) is 3. The molecule has 1 aliphatic heterocycles. The third kappa shape index (κ3) is 5.48. The predicted molar refractivity (Wildman–Crippen MR) is 162 cm³/mol. The van der Waals surface area contributed by atoms with Crippen molar-refractivity contribution in [2.45, 2.75) is 50.7 Å². The van der Waals surface area contributed by atoms with Crippen molar-refractivity contribution < 1.29 is 28.6 Å². The number of hydrogen-bond acceptors (Lipinski definition) is 7. The van der Waals surface area contributed by atoms with Crippen LogP contribution < -0.4 is 20.5 Å². The number of nitrogens with two attached hydrogens (primary N) is 1. The van der Waals surface area contributed by atoms with E-state index in [1.807, 2.05) is 13.0 Å². The smallest absolute Gasteiger partial charge is 0.251 e. The summed E-state index contributed by atoms with van der Waals surface area (Å²) in [5.41, 5.74) is 7.46. The van der Waals surface area contributed by atoms with Crippen LogP contribution >= 0.6 is 0 Å². The maximum absolute atomic E-state index is 13.7. The van der Waals surface area contributed by atoms with Gasteiger partial charge in [0.25, 0.3) is 5.91 Å². The monoisotopic (exact) mass is 596 g/mol. The number of nitrogens with one attached hydrogen (secondary N) is 1. The van der Waals surface area contributed by atoms with Gasteiger partial charge in [-0.1, -0.05) is 0 Å². The zero-order valence-electron chi connectivity index (χ0n) is 24.7. The van der Waals surface area contributed by atoms with Crippen LogP contribution in [0.4, 0.5) is 4.39 Å². The summed E-state index contributed by atoms with van der Waals surface area (Å²) in [6, 6.07) is 14.4. The minimum absolute atomic E-state index is 0.00435. The number of rotatable bonds is 9. The number of carbonyl (C=O) groups is 2. The molecule has 6 rings (SSSR count). The van der Waals surface area contributed by atoms with E-state index < -0.39 is 28.6 Å². The summed E-state index contributed by atoms with van der Waals surface area (Å²) in [5.74, 6) is -0.384. The summed E-state index contributed by atoms with van der Waals surface area (Å²) in [4.78, 5) is 34.8. The van der Waals surface area contributed by atoms with Crippen molar-refractivity contribution >= 4 is 11.8 Å². The Labute approximate surface area is 254 Å². The maximum Gasteiger partial charge on any atom is 0.251 e. The summed E-state index contributed by atoms with van der Waals surface area (Å²) in [5, 5.41) is 14.5. The van der Waals surface area contributed by atoms with Crippen LogP contribution in [0.3, 0.4) is 0 Å². The van der Waals surface area contributed by atoms with Gasteiger partial charge in [0, 0.05) is 34.6 Å². The Morgan fingerprint density at radius 2 is 1.91 bits per heavy atom. The number of aliphatic hydroxyl groups is 1. The lowest BCUT2D eigenvalue weighted by atomic mass is 9.82. The second-order valence-electron chi connectivity index (χ2n) is 11.9. The van der Waals surface area contributed by atoms with Crippen LogP contribution in [-0.2, 0) is 15.8 Å². The zero-order chi connectivity index (χ0) is 31.2. The number of pyridine rings is 2. The molecular formula is C34H33FN4O5. The van der Waals surface area contributed by atoms with Crippen molar-refractivity contribution in [3.8, 4) is 33.9 Å². The molecule has 2 atom stereocenters. The molecule has 0 radical (unpaired) electrons. The van der Waals surface area contributed by atoms with E-state index in [2.05, 4.69) is 15.3 Å². The minimum Gasteiger partial charge on any atom is -0.490 e. The molecule has 4 aromatic rings. The molecule has 0 bridgehead atoms. The maximum atomic E-state index is 13.7. The third-order valence-electron chi connectivity index (χ3n) is 8.25. The predicted octanol–water partition coefficient (Wildman–Crippen LogP) is 4.57. The van der Waals surface area contributed by atoms with Gasteiger partial charge >= 0.3 is 0 Å². The molecule has 0 spiro atoms. The lowest BCUT2D eigenvalue weighted by molar-refractivity contribution is -0.123. The fourth-order valence-corrected chi connectivity index (χ4v) is 5.24. The number of carbonyl (C=O) groups excluding carboxylic acids is 2. The molecule has 9 nitrogen and oxygen atoms in total. The van der Waals surface area contributed by atoms with E-state index in [-0.39, 0.29) is 24.9 Å². The van der Waals surface area contributed by atoms with Crippen molar-refractivity contribution in [2.75, 3.05) is 13.2 Å². The molecule has 226 valence electrons. The highest BCUT2D eigenvalue weighted by atomic mass is 19.1. The zero-order valence-corrected chi connectivity index (χ0v) is 24.7.